The minimum atomic E-state index is -0.927. The molecule has 5 heteroatoms. The lowest BCUT2D eigenvalue weighted by atomic mass is 10.1. The molecule has 0 aliphatic carbocycles. The summed E-state index contributed by atoms with van der Waals surface area (Å²) in [6, 6.07) is 15.5. The Morgan fingerprint density at radius 2 is 1.67 bits per heavy atom. The standard InChI is InChI=1S/C16H18N2O3/c19-14-8-6-12(7-9-14)10-15(16(20)21)18-17-11-13-4-2-1-3-5-13/h1-9,15,17-19H,10-11H2,(H,20,21)/t15-/m0/s1. The van der Waals surface area contributed by atoms with Gasteiger partial charge in [-0.15, -0.1) is 0 Å². The zero-order valence-corrected chi connectivity index (χ0v) is 11.5. The topological polar surface area (TPSA) is 81.6 Å². The summed E-state index contributed by atoms with van der Waals surface area (Å²) in [6.45, 7) is 0.542. The van der Waals surface area contributed by atoms with Crippen molar-refractivity contribution in [3.8, 4) is 5.75 Å². The molecule has 110 valence electrons. The Kier molecular flexibility index (Phi) is 5.31. The number of carboxylic acid groups (broad SMARTS) is 1. The van der Waals surface area contributed by atoms with Crippen LogP contribution >= 0.6 is 0 Å². The summed E-state index contributed by atoms with van der Waals surface area (Å²) in [7, 11) is 0. The van der Waals surface area contributed by atoms with Gasteiger partial charge in [0.25, 0.3) is 0 Å². The van der Waals surface area contributed by atoms with Gasteiger partial charge in [0, 0.05) is 6.54 Å². The molecule has 0 saturated heterocycles. The molecular weight excluding hydrogens is 268 g/mol. The summed E-state index contributed by atoms with van der Waals surface area (Å²) in [4.78, 5) is 11.3. The van der Waals surface area contributed by atoms with Gasteiger partial charge in [0.05, 0.1) is 0 Å². The molecule has 0 radical (unpaired) electrons. The number of rotatable bonds is 7. The Morgan fingerprint density at radius 3 is 2.29 bits per heavy atom. The van der Waals surface area contributed by atoms with Crippen molar-refractivity contribution < 1.29 is 15.0 Å². The molecule has 1 atom stereocenters. The SMILES string of the molecule is O=C(O)[C@H](Cc1ccc(O)cc1)NNCc1ccccc1. The third-order valence-corrected chi connectivity index (χ3v) is 3.09. The maximum absolute atomic E-state index is 11.3. The average Bonchev–Trinajstić information content (AvgIpc) is 2.49. The molecule has 21 heavy (non-hydrogen) atoms. The molecule has 0 saturated carbocycles. The molecule has 0 bridgehead atoms. The number of aliphatic carboxylic acids is 1. The van der Waals surface area contributed by atoms with E-state index in [2.05, 4.69) is 10.9 Å². The highest BCUT2D eigenvalue weighted by atomic mass is 16.4. The zero-order chi connectivity index (χ0) is 15.1. The van der Waals surface area contributed by atoms with Crippen molar-refractivity contribution in [2.24, 2.45) is 0 Å². The smallest absolute Gasteiger partial charge is 0.322 e. The largest absolute Gasteiger partial charge is 0.508 e. The fourth-order valence-electron chi connectivity index (χ4n) is 1.94. The van der Waals surface area contributed by atoms with Gasteiger partial charge >= 0.3 is 5.97 Å². The van der Waals surface area contributed by atoms with Crippen molar-refractivity contribution in [3.63, 3.8) is 0 Å². The number of carbonyl (C=O) groups is 1. The average molecular weight is 286 g/mol. The predicted octanol–water partition coefficient (Wildman–Crippen LogP) is 1.68. The van der Waals surface area contributed by atoms with Crippen molar-refractivity contribution in [2.45, 2.75) is 19.0 Å². The Balaban J connectivity index is 1.87. The van der Waals surface area contributed by atoms with Crippen LogP contribution in [0.1, 0.15) is 11.1 Å². The van der Waals surface area contributed by atoms with Crippen molar-refractivity contribution in [1.82, 2.24) is 10.9 Å². The van der Waals surface area contributed by atoms with E-state index in [0.717, 1.165) is 11.1 Å². The number of hydrogen-bond acceptors (Lipinski definition) is 4. The molecule has 4 N–H and O–H groups in total. The minimum Gasteiger partial charge on any atom is -0.508 e. The van der Waals surface area contributed by atoms with Crippen LogP contribution in [0.2, 0.25) is 0 Å². The first-order valence-corrected chi connectivity index (χ1v) is 6.68. The van der Waals surface area contributed by atoms with Crippen LogP contribution in [-0.4, -0.2) is 22.2 Å². The maximum Gasteiger partial charge on any atom is 0.322 e. The number of carboxylic acids is 1. The van der Waals surface area contributed by atoms with Crippen LogP contribution < -0.4 is 10.9 Å². The molecule has 0 aliphatic rings. The normalized spacial score (nSPS) is 12.0. The number of aromatic hydroxyl groups is 1. The van der Waals surface area contributed by atoms with Crippen LogP contribution in [0.5, 0.6) is 5.75 Å². The van der Waals surface area contributed by atoms with Gasteiger partial charge in [-0.25, -0.2) is 5.43 Å². The Hall–Kier alpha value is -2.37. The van der Waals surface area contributed by atoms with E-state index < -0.39 is 12.0 Å². The van der Waals surface area contributed by atoms with Crippen LogP contribution in [0.3, 0.4) is 0 Å². The highest BCUT2D eigenvalue weighted by molar-refractivity contribution is 5.73. The summed E-state index contributed by atoms with van der Waals surface area (Å²) < 4.78 is 0. The van der Waals surface area contributed by atoms with Gasteiger partial charge in [0.1, 0.15) is 11.8 Å². The van der Waals surface area contributed by atoms with Gasteiger partial charge in [-0.1, -0.05) is 42.5 Å². The van der Waals surface area contributed by atoms with E-state index in [1.54, 1.807) is 24.3 Å². The summed E-state index contributed by atoms with van der Waals surface area (Å²) in [5.74, 6) is -0.760. The molecule has 0 amide bonds. The van der Waals surface area contributed by atoms with E-state index in [0.29, 0.717) is 13.0 Å². The van der Waals surface area contributed by atoms with Crippen LogP contribution in [0.25, 0.3) is 0 Å². The van der Waals surface area contributed by atoms with E-state index in [1.807, 2.05) is 30.3 Å². The van der Waals surface area contributed by atoms with E-state index >= 15 is 0 Å². The highest BCUT2D eigenvalue weighted by Gasteiger charge is 2.17. The number of phenolic OH excluding ortho intramolecular Hbond substituents is 1. The lowest BCUT2D eigenvalue weighted by Gasteiger charge is -2.15. The molecule has 0 aromatic heterocycles. The third-order valence-electron chi connectivity index (χ3n) is 3.09. The number of hydrazine groups is 1. The number of benzene rings is 2. The van der Waals surface area contributed by atoms with E-state index in [4.69, 9.17) is 0 Å². The van der Waals surface area contributed by atoms with Gasteiger partial charge in [-0.2, -0.15) is 0 Å². The summed E-state index contributed by atoms with van der Waals surface area (Å²) in [5.41, 5.74) is 7.66. The van der Waals surface area contributed by atoms with Crippen molar-refractivity contribution in [3.05, 3.63) is 65.7 Å². The Morgan fingerprint density at radius 1 is 1.00 bits per heavy atom. The van der Waals surface area contributed by atoms with Gasteiger partial charge in [-0.3, -0.25) is 10.2 Å². The maximum atomic E-state index is 11.3. The summed E-state index contributed by atoms with van der Waals surface area (Å²) >= 11 is 0. The van der Waals surface area contributed by atoms with Gasteiger partial charge in [0.2, 0.25) is 0 Å². The molecular formula is C16H18N2O3. The number of phenols is 1. The lowest BCUT2D eigenvalue weighted by Crippen LogP contribution is -2.46. The third kappa shape index (κ3) is 4.91. The van der Waals surface area contributed by atoms with Crippen LogP contribution in [0.15, 0.2) is 54.6 Å². The molecule has 0 spiro atoms. The number of nitrogens with one attached hydrogen (secondary N) is 2. The fraction of sp³-hybridized carbons (Fsp3) is 0.188. The van der Waals surface area contributed by atoms with Crippen molar-refractivity contribution in [2.75, 3.05) is 0 Å². The van der Waals surface area contributed by atoms with Crippen molar-refractivity contribution >= 4 is 5.97 Å². The van der Waals surface area contributed by atoms with Crippen LogP contribution in [-0.2, 0) is 17.8 Å². The molecule has 0 fully saturated rings. The Bertz CT molecular complexity index is 570. The summed E-state index contributed by atoms with van der Waals surface area (Å²) in [5, 5.41) is 18.5. The first kappa shape index (κ1) is 15.0. The van der Waals surface area contributed by atoms with Crippen LogP contribution in [0, 0.1) is 0 Å². The number of hydrogen-bond donors (Lipinski definition) is 4. The fourth-order valence-corrected chi connectivity index (χ4v) is 1.94. The molecule has 0 unspecified atom stereocenters. The van der Waals surface area contributed by atoms with Crippen LogP contribution in [0.4, 0.5) is 0 Å². The van der Waals surface area contributed by atoms with Gasteiger partial charge < -0.3 is 10.2 Å². The molecule has 2 rings (SSSR count). The lowest BCUT2D eigenvalue weighted by molar-refractivity contribution is -0.139. The first-order valence-electron chi connectivity index (χ1n) is 6.68. The highest BCUT2D eigenvalue weighted by Crippen LogP contribution is 2.11. The molecule has 2 aromatic carbocycles. The molecule has 0 heterocycles. The minimum absolute atomic E-state index is 0.167. The van der Waals surface area contributed by atoms with Gasteiger partial charge in [-0.05, 0) is 29.7 Å². The Labute approximate surface area is 123 Å². The summed E-state index contributed by atoms with van der Waals surface area (Å²) in [6.07, 6.45) is 0.331. The van der Waals surface area contributed by atoms with E-state index in [-0.39, 0.29) is 5.75 Å². The second-order valence-electron chi connectivity index (χ2n) is 4.74. The van der Waals surface area contributed by atoms with Gasteiger partial charge in [0.15, 0.2) is 0 Å². The predicted molar refractivity (Wildman–Crippen MR) is 79.7 cm³/mol. The molecule has 0 aliphatic heterocycles. The first-order chi connectivity index (χ1) is 10.1. The molecule has 5 nitrogen and oxygen atoms in total. The zero-order valence-electron chi connectivity index (χ0n) is 11.5. The van der Waals surface area contributed by atoms with E-state index in [9.17, 15) is 15.0 Å². The second kappa shape index (κ2) is 7.42. The van der Waals surface area contributed by atoms with E-state index in [1.165, 1.54) is 0 Å². The molecule has 2 aromatic rings. The second-order valence-corrected chi connectivity index (χ2v) is 4.74. The monoisotopic (exact) mass is 286 g/mol. The quantitative estimate of drug-likeness (QED) is 0.582. The van der Waals surface area contributed by atoms with Crippen molar-refractivity contribution in [1.29, 1.82) is 0 Å².